The second-order valence-electron chi connectivity index (χ2n) is 5.63. The molecule has 112 valence electrons. The Morgan fingerprint density at radius 1 is 1.32 bits per heavy atom. The van der Waals surface area contributed by atoms with Gasteiger partial charge in [-0.15, -0.1) is 0 Å². The topological polar surface area (TPSA) is 78.9 Å². The molecule has 0 heterocycles. The predicted octanol–water partition coefficient (Wildman–Crippen LogP) is 3.08. The Bertz CT molecular complexity index is 770. The summed E-state index contributed by atoms with van der Waals surface area (Å²) in [5.41, 5.74) is 7.64. The number of rotatable bonds is 4. The molecule has 22 heavy (non-hydrogen) atoms. The summed E-state index contributed by atoms with van der Waals surface area (Å²) in [4.78, 5) is 11.7. The average molecular weight is 293 g/mol. The van der Waals surface area contributed by atoms with Gasteiger partial charge >= 0.3 is 0 Å². The van der Waals surface area contributed by atoms with Crippen LogP contribution in [-0.4, -0.2) is 12.5 Å². The number of nitrogens with one attached hydrogen (secondary N) is 1. The van der Waals surface area contributed by atoms with Crippen molar-refractivity contribution in [2.75, 3.05) is 12.3 Å². The Hall–Kier alpha value is -2.80. The molecule has 2 aromatic carbocycles. The van der Waals surface area contributed by atoms with Gasteiger partial charge in [-0.25, -0.2) is 0 Å². The summed E-state index contributed by atoms with van der Waals surface area (Å²) in [7, 11) is 0. The first kappa shape index (κ1) is 15.6. The molecule has 4 nitrogen and oxygen atoms in total. The Morgan fingerprint density at radius 3 is 2.77 bits per heavy atom. The molecule has 4 heteroatoms. The number of fused-ring (bicyclic) bond motifs is 1. The first-order valence-corrected chi connectivity index (χ1v) is 7.19. The van der Waals surface area contributed by atoms with Crippen molar-refractivity contribution in [1.29, 1.82) is 5.26 Å². The maximum absolute atomic E-state index is 11.7. The highest BCUT2D eigenvalue weighted by Gasteiger charge is 2.02. The van der Waals surface area contributed by atoms with E-state index in [2.05, 4.69) is 11.4 Å². The fraction of sp³-hybridized carbons (Fsp3) is 0.222. The molecule has 0 fully saturated rings. The highest BCUT2D eigenvalue weighted by Crippen LogP contribution is 2.23. The second-order valence-corrected chi connectivity index (χ2v) is 5.63. The van der Waals surface area contributed by atoms with Crippen molar-refractivity contribution < 1.29 is 4.79 Å². The molecule has 0 aliphatic rings. The number of carbonyl (C=O) groups excluding carboxylic acids is 1. The Labute approximate surface area is 130 Å². The van der Waals surface area contributed by atoms with Gasteiger partial charge in [-0.05, 0) is 46.5 Å². The molecule has 3 N–H and O–H groups in total. The molecule has 2 aromatic rings. The van der Waals surface area contributed by atoms with Gasteiger partial charge in [0.05, 0.1) is 11.3 Å². The summed E-state index contributed by atoms with van der Waals surface area (Å²) >= 11 is 0. The maximum Gasteiger partial charge on any atom is 0.244 e. The molecule has 0 aliphatic heterocycles. The van der Waals surface area contributed by atoms with Crippen LogP contribution in [0.2, 0.25) is 0 Å². The number of nitrogens with zero attached hydrogens (tertiary/aromatic N) is 1. The zero-order valence-electron chi connectivity index (χ0n) is 12.8. The van der Waals surface area contributed by atoms with Crippen LogP contribution in [0.5, 0.6) is 0 Å². The van der Waals surface area contributed by atoms with E-state index in [-0.39, 0.29) is 5.91 Å². The number of amides is 1. The van der Waals surface area contributed by atoms with Crippen LogP contribution in [0.1, 0.15) is 25.0 Å². The van der Waals surface area contributed by atoms with Crippen LogP contribution in [-0.2, 0) is 4.79 Å². The number of benzene rings is 2. The quantitative estimate of drug-likeness (QED) is 0.671. The first-order valence-electron chi connectivity index (χ1n) is 7.19. The minimum absolute atomic E-state index is 0.108. The van der Waals surface area contributed by atoms with E-state index >= 15 is 0 Å². The zero-order chi connectivity index (χ0) is 16.1. The summed E-state index contributed by atoms with van der Waals surface area (Å²) in [6.07, 6.45) is 3.28. The maximum atomic E-state index is 11.7. The number of hydrogen-bond donors (Lipinski definition) is 2. The van der Waals surface area contributed by atoms with E-state index in [9.17, 15) is 4.79 Å². The molecule has 0 bridgehead atoms. The van der Waals surface area contributed by atoms with E-state index in [1.54, 1.807) is 18.2 Å². The van der Waals surface area contributed by atoms with E-state index in [4.69, 9.17) is 11.0 Å². The van der Waals surface area contributed by atoms with Crippen LogP contribution in [0, 0.1) is 17.2 Å². The zero-order valence-corrected chi connectivity index (χ0v) is 12.8. The van der Waals surface area contributed by atoms with Crippen LogP contribution in [0.25, 0.3) is 16.8 Å². The molecule has 0 unspecified atom stereocenters. The third kappa shape index (κ3) is 3.86. The number of hydrogen-bond acceptors (Lipinski definition) is 3. The monoisotopic (exact) mass is 293 g/mol. The third-order valence-corrected chi connectivity index (χ3v) is 3.26. The number of nitriles is 1. The normalized spacial score (nSPS) is 11.0. The summed E-state index contributed by atoms with van der Waals surface area (Å²) in [5, 5.41) is 13.8. The lowest BCUT2D eigenvalue weighted by Crippen LogP contribution is -2.25. The Morgan fingerprint density at radius 2 is 2.09 bits per heavy atom. The van der Waals surface area contributed by atoms with Gasteiger partial charge in [-0.3, -0.25) is 4.79 Å². The number of nitrogen functional groups attached to an aromatic ring is 1. The van der Waals surface area contributed by atoms with Gasteiger partial charge in [0.1, 0.15) is 6.07 Å². The van der Waals surface area contributed by atoms with Gasteiger partial charge < -0.3 is 11.1 Å². The molecule has 0 atom stereocenters. The van der Waals surface area contributed by atoms with Crippen LogP contribution in [0.3, 0.4) is 0 Å². The lowest BCUT2D eigenvalue weighted by atomic mass is 10.0. The molecular weight excluding hydrogens is 274 g/mol. The molecule has 0 aromatic heterocycles. The van der Waals surface area contributed by atoms with Crippen molar-refractivity contribution in [3.05, 3.63) is 47.5 Å². The Kier molecular flexibility index (Phi) is 4.80. The minimum Gasteiger partial charge on any atom is -0.398 e. The molecule has 1 amide bonds. The van der Waals surface area contributed by atoms with E-state index in [0.29, 0.717) is 23.7 Å². The van der Waals surface area contributed by atoms with Crippen molar-refractivity contribution in [1.82, 2.24) is 5.32 Å². The number of carbonyl (C=O) groups is 1. The van der Waals surface area contributed by atoms with Gasteiger partial charge in [0.15, 0.2) is 0 Å². The highest BCUT2D eigenvalue weighted by atomic mass is 16.1. The van der Waals surface area contributed by atoms with Gasteiger partial charge in [0.2, 0.25) is 5.91 Å². The molecule has 2 rings (SSSR count). The van der Waals surface area contributed by atoms with Crippen molar-refractivity contribution in [2.45, 2.75) is 13.8 Å². The van der Waals surface area contributed by atoms with Crippen LogP contribution in [0.15, 0.2) is 36.4 Å². The summed E-state index contributed by atoms with van der Waals surface area (Å²) < 4.78 is 0. The second kappa shape index (κ2) is 6.77. The summed E-state index contributed by atoms with van der Waals surface area (Å²) in [6, 6.07) is 11.4. The summed E-state index contributed by atoms with van der Waals surface area (Å²) in [5.74, 6) is 0.316. The molecular formula is C18H19N3O. The van der Waals surface area contributed by atoms with Gasteiger partial charge in [0.25, 0.3) is 0 Å². The van der Waals surface area contributed by atoms with E-state index in [0.717, 1.165) is 16.3 Å². The van der Waals surface area contributed by atoms with Gasteiger partial charge in [0, 0.05) is 12.6 Å². The predicted molar refractivity (Wildman–Crippen MR) is 90.0 cm³/mol. The molecule has 0 aliphatic carbocycles. The molecule has 0 spiro atoms. The Balaban J connectivity index is 2.21. The smallest absolute Gasteiger partial charge is 0.244 e. The average Bonchev–Trinajstić information content (AvgIpc) is 2.50. The van der Waals surface area contributed by atoms with Crippen LogP contribution >= 0.6 is 0 Å². The lowest BCUT2D eigenvalue weighted by molar-refractivity contribution is -0.116. The van der Waals surface area contributed by atoms with E-state index in [1.807, 2.05) is 32.0 Å². The lowest BCUT2D eigenvalue weighted by Gasteiger charge is -2.05. The van der Waals surface area contributed by atoms with E-state index in [1.165, 1.54) is 6.08 Å². The van der Waals surface area contributed by atoms with Crippen molar-refractivity contribution >= 4 is 28.4 Å². The van der Waals surface area contributed by atoms with Gasteiger partial charge in [-0.1, -0.05) is 26.0 Å². The number of anilines is 1. The largest absolute Gasteiger partial charge is 0.398 e. The fourth-order valence-electron chi connectivity index (χ4n) is 2.07. The van der Waals surface area contributed by atoms with Crippen molar-refractivity contribution in [3.8, 4) is 6.07 Å². The van der Waals surface area contributed by atoms with Crippen molar-refractivity contribution in [3.63, 3.8) is 0 Å². The van der Waals surface area contributed by atoms with Gasteiger partial charge in [-0.2, -0.15) is 5.26 Å². The SMILES string of the molecule is CC(C)CNC(=O)/C=C/c1ccc2cc(N)c(C#N)cc2c1. The molecule has 0 saturated carbocycles. The standard InChI is InChI=1S/C18H19N3O/c1-12(2)11-21-18(22)6-4-13-3-5-14-9-17(20)16(10-19)8-15(14)7-13/h3-9,12H,11,20H2,1-2H3,(H,21,22)/b6-4+. The summed E-state index contributed by atoms with van der Waals surface area (Å²) in [6.45, 7) is 4.75. The third-order valence-electron chi connectivity index (χ3n) is 3.26. The van der Waals surface area contributed by atoms with Crippen LogP contribution in [0.4, 0.5) is 5.69 Å². The first-order chi connectivity index (χ1) is 10.5. The number of nitrogens with two attached hydrogens (primary N) is 1. The van der Waals surface area contributed by atoms with E-state index < -0.39 is 0 Å². The van der Waals surface area contributed by atoms with Crippen LogP contribution < -0.4 is 11.1 Å². The van der Waals surface area contributed by atoms with Crippen molar-refractivity contribution in [2.24, 2.45) is 5.92 Å². The minimum atomic E-state index is -0.108. The fourth-order valence-corrected chi connectivity index (χ4v) is 2.07. The molecule has 0 radical (unpaired) electrons. The molecule has 0 saturated heterocycles. The highest BCUT2D eigenvalue weighted by molar-refractivity contribution is 5.93.